The fourth-order valence-electron chi connectivity index (χ4n) is 1.97. The monoisotopic (exact) mass is 254 g/mol. The van der Waals surface area contributed by atoms with Crippen molar-refractivity contribution in [2.24, 2.45) is 7.05 Å². The molecule has 0 bridgehead atoms. The number of carbonyl (C=O) groups excluding carboxylic acids is 1. The highest BCUT2D eigenvalue weighted by Gasteiger charge is 2.23. The fraction of sp³-hybridized carbons (Fsp3) is 0.667. The Bertz CT molecular complexity index is 408. The number of aliphatic hydroxyl groups excluding tert-OH is 1. The predicted octanol–water partition coefficient (Wildman–Crippen LogP) is 0.409. The summed E-state index contributed by atoms with van der Waals surface area (Å²) >= 11 is 0. The molecule has 102 valence electrons. The van der Waals surface area contributed by atoms with Crippen molar-refractivity contribution in [3.05, 3.63) is 11.4 Å². The average Bonchev–Trinajstić information content (AvgIpc) is 2.63. The maximum atomic E-state index is 12.4. The number of aromatic nitrogens is 2. The Morgan fingerprint density at radius 2 is 2.11 bits per heavy atom. The van der Waals surface area contributed by atoms with E-state index in [1.165, 1.54) is 4.68 Å². The lowest BCUT2D eigenvalue weighted by atomic mass is 10.2. The molecule has 0 saturated carbocycles. The van der Waals surface area contributed by atoms with Crippen LogP contribution >= 0.6 is 0 Å². The Morgan fingerprint density at radius 1 is 1.44 bits per heavy atom. The lowest BCUT2D eigenvalue weighted by molar-refractivity contribution is 0.0712. The minimum absolute atomic E-state index is 0.0515. The van der Waals surface area contributed by atoms with Gasteiger partial charge in [-0.3, -0.25) is 9.48 Å². The minimum Gasteiger partial charge on any atom is -0.395 e. The zero-order chi connectivity index (χ0) is 13.7. The molecule has 0 aliphatic heterocycles. The Kier molecular flexibility index (Phi) is 5.15. The van der Waals surface area contributed by atoms with E-state index in [1.54, 1.807) is 11.9 Å². The van der Waals surface area contributed by atoms with Gasteiger partial charge in [0.15, 0.2) is 0 Å². The maximum absolute atomic E-state index is 12.4. The van der Waals surface area contributed by atoms with Crippen molar-refractivity contribution in [2.45, 2.75) is 26.7 Å². The first-order valence-corrected chi connectivity index (χ1v) is 6.28. The molecule has 0 fully saturated rings. The van der Waals surface area contributed by atoms with Crippen LogP contribution in [0.1, 0.15) is 36.5 Å². The molecule has 0 aromatic carbocycles. The van der Waals surface area contributed by atoms with E-state index in [-0.39, 0.29) is 12.5 Å². The second kappa shape index (κ2) is 6.39. The molecule has 6 heteroatoms. The van der Waals surface area contributed by atoms with Crippen LogP contribution in [-0.2, 0) is 13.5 Å². The summed E-state index contributed by atoms with van der Waals surface area (Å²) in [4.78, 5) is 14.0. The van der Waals surface area contributed by atoms with Gasteiger partial charge in [0, 0.05) is 20.1 Å². The quantitative estimate of drug-likeness (QED) is 0.770. The first-order valence-electron chi connectivity index (χ1n) is 6.28. The third-order valence-electron chi connectivity index (χ3n) is 2.85. The van der Waals surface area contributed by atoms with Crippen LogP contribution in [0.5, 0.6) is 0 Å². The van der Waals surface area contributed by atoms with Crippen LogP contribution in [0.25, 0.3) is 0 Å². The lowest BCUT2D eigenvalue weighted by Gasteiger charge is -2.21. The molecule has 1 amide bonds. The van der Waals surface area contributed by atoms with E-state index in [1.807, 2.05) is 13.8 Å². The molecule has 1 rings (SSSR count). The van der Waals surface area contributed by atoms with Gasteiger partial charge in [0.2, 0.25) is 0 Å². The van der Waals surface area contributed by atoms with Crippen molar-refractivity contribution < 1.29 is 9.90 Å². The van der Waals surface area contributed by atoms with E-state index in [9.17, 15) is 4.79 Å². The summed E-state index contributed by atoms with van der Waals surface area (Å²) in [6.07, 6.45) is 1.53. The van der Waals surface area contributed by atoms with Gasteiger partial charge in [0.05, 0.1) is 18.0 Å². The summed E-state index contributed by atoms with van der Waals surface area (Å²) in [6, 6.07) is 0. The molecule has 0 spiro atoms. The van der Waals surface area contributed by atoms with Gasteiger partial charge in [0.25, 0.3) is 5.91 Å². The number of nitrogen functional groups attached to an aromatic ring is 1. The molecule has 6 nitrogen and oxygen atoms in total. The van der Waals surface area contributed by atoms with Gasteiger partial charge < -0.3 is 15.7 Å². The number of nitrogens with zero attached hydrogens (tertiary/aromatic N) is 3. The van der Waals surface area contributed by atoms with Crippen molar-refractivity contribution in [2.75, 3.05) is 25.4 Å². The normalized spacial score (nSPS) is 10.7. The number of aryl methyl sites for hydroxylation is 2. The Labute approximate surface area is 107 Å². The molecular formula is C12H22N4O2. The molecular weight excluding hydrogens is 232 g/mol. The van der Waals surface area contributed by atoms with E-state index >= 15 is 0 Å². The molecule has 3 N–H and O–H groups in total. The number of hydrogen-bond acceptors (Lipinski definition) is 4. The topological polar surface area (TPSA) is 84.4 Å². The van der Waals surface area contributed by atoms with Crippen LogP contribution in [-0.4, -0.2) is 45.4 Å². The molecule has 0 aliphatic rings. The molecule has 18 heavy (non-hydrogen) atoms. The van der Waals surface area contributed by atoms with Crippen molar-refractivity contribution in [3.63, 3.8) is 0 Å². The largest absolute Gasteiger partial charge is 0.395 e. The van der Waals surface area contributed by atoms with Crippen molar-refractivity contribution in [1.29, 1.82) is 0 Å². The highest BCUT2D eigenvalue weighted by molar-refractivity contribution is 5.98. The second-order valence-corrected chi connectivity index (χ2v) is 4.20. The van der Waals surface area contributed by atoms with E-state index in [0.717, 1.165) is 12.1 Å². The van der Waals surface area contributed by atoms with Crippen molar-refractivity contribution in [1.82, 2.24) is 14.7 Å². The van der Waals surface area contributed by atoms with Gasteiger partial charge in [-0.2, -0.15) is 5.10 Å². The number of rotatable bonds is 6. The summed E-state index contributed by atoms with van der Waals surface area (Å²) in [7, 11) is 1.71. The molecule has 1 aromatic heterocycles. The predicted molar refractivity (Wildman–Crippen MR) is 70.3 cm³/mol. The molecule has 0 radical (unpaired) electrons. The number of anilines is 1. The van der Waals surface area contributed by atoms with E-state index in [4.69, 9.17) is 10.8 Å². The first-order chi connectivity index (χ1) is 8.56. The van der Waals surface area contributed by atoms with Crippen molar-refractivity contribution >= 4 is 11.6 Å². The Morgan fingerprint density at radius 3 is 2.56 bits per heavy atom. The van der Waals surface area contributed by atoms with Gasteiger partial charge in [-0.15, -0.1) is 0 Å². The summed E-state index contributed by atoms with van der Waals surface area (Å²) in [6.45, 7) is 4.81. The average molecular weight is 254 g/mol. The third-order valence-corrected chi connectivity index (χ3v) is 2.85. The lowest BCUT2D eigenvalue weighted by Crippen LogP contribution is -2.35. The number of aliphatic hydroxyl groups is 1. The van der Waals surface area contributed by atoms with Crippen molar-refractivity contribution in [3.8, 4) is 0 Å². The SMILES string of the molecule is CCCN(CCO)C(=O)c1c(N)c(CC)nn1C. The molecule has 0 atom stereocenters. The smallest absolute Gasteiger partial charge is 0.274 e. The molecule has 0 unspecified atom stereocenters. The molecule has 0 aliphatic carbocycles. The Balaban J connectivity index is 3.04. The van der Waals surface area contributed by atoms with Crippen LogP contribution < -0.4 is 5.73 Å². The summed E-state index contributed by atoms with van der Waals surface area (Å²) in [5.74, 6) is -0.168. The van der Waals surface area contributed by atoms with E-state index < -0.39 is 0 Å². The number of amides is 1. The Hall–Kier alpha value is -1.56. The van der Waals surface area contributed by atoms with Crippen LogP contribution in [0.2, 0.25) is 0 Å². The van der Waals surface area contributed by atoms with E-state index in [2.05, 4.69) is 5.10 Å². The molecule has 1 aromatic rings. The van der Waals surface area contributed by atoms with Gasteiger partial charge in [0.1, 0.15) is 5.69 Å². The van der Waals surface area contributed by atoms with Gasteiger partial charge in [-0.25, -0.2) is 0 Å². The third kappa shape index (κ3) is 2.81. The van der Waals surface area contributed by atoms with Crippen LogP contribution in [0.3, 0.4) is 0 Å². The number of nitrogens with two attached hydrogens (primary N) is 1. The zero-order valence-electron chi connectivity index (χ0n) is 11.3. The standard InChI is InChI=1S/C12H22N4O2/c1-4-6-16(7-8-17)12(18)11-10(13)9(5-2)14-15(11)3/h17H,4-8,13H2,1-3H3. The van der Waals surface area contributed by atoms with E-state index in [0.29, 0.717) is 30.9 Å². The molecule has 1 heterocycles. The highest BCUT2D eigenvalue weighted by atomic mass is 16.3. The highest BCUT2D eigenvalue weighted by Crippen LogP contribution is 2.18. The maximum Gasteiger partial charge on any atom is 0.274 e. The number of carbonyl (C=O) groups is 1. The summed E-state index contributed by atoms with van der Waals surface area (Å²) in [5, 5.41) is 13.2. The summed E-state index contributed by atoms with van der Waals surface area (Å²) < 4.78 is 1.52. The fourth-order valence-corrected chi connectivity index (χ4v) is 1.97. The van der Waals surface area contributed by atoms with Gasteiger partial charge in [-0.1, -0.05) is 13.8 Å². The second-order valence-electron chi connectivity index (χ2n) is 4.20. The number of hydrogen-bond donors (Lipinski definition) is 2. The van der Waals surface area contributed by atoms with Gasteiger partial charge in [-0.05, 0) is 12.8 Å². The molecule has 0 saturated heterocycles. The minimum atomic E-state index is -0.168. The van der Waals surface area contributed by atoms with Gasteiger partial charge >= 0.3 is 0 Å². The van der Waals surface area contributed by atoms with Crippen LogP contribution in [0.4, 0.5) is 5.69 Å². The summed E-state index contributed by atoms with van der Waals surface area (Å²) in [5.41, 5.74) is 7.55. The van der Waals surface area contributed by atoms with Crippen LogP contribution in [0.15, 0.2) is 0 Å². The first kappa shape index (κ1) is 14.5. The zero-order valence-corrected chi connectivity index (χ0v) is 11.3. The van der Waals surface area contributed by atoms with Crippen LogP contribution in [0, 0.1) is 0 Å².